The Morgan fingerprint density at radius 1 is 1.25 bits per heavy atom. The summed E-state index contributed by atoms with van der Waals surface area (Å²) < 4.78 is 25.6. The third-order valence-electron chi connectivity index (χ3n) is 3.81. The van der Waals surface area contributed by atoms with Gasteiger partial charge in [0.05, 0.1) is 12.3 Å². The lowest BCUT2D eigenvalue weighted by molar-refractivity contribution is 0.493. The number of halogens is 1. The van der Waals surface area contributed by atoms with Crippen LogP contribution in [0.2, 0.25) is 0 Å². The van der Waals surface area contributed by atoms with Crippen LogP contribution in [0, 0.1) is 0 Å². The van der Waals surface area contributed by atoms with Crippen LogP contribution in [-0.4, -0.2) is 46.0 Å². The van der Waals surface area contributed by atoms with E-state index in [1.165, 1.54) is 19.9 Å². The van der Waals surface area contributed by atoms with Crippen molar-refractivity contribution in [1.82, 2.24) is 14.9 Å². The number of hydrogen-bond donors (Lipinski definition) is 2. The Morgan fingerprint density at radius 3 is 2.54 bits per heavy atom. The van der Waals surface area contributed by atoms with Crippen LogP contribution >= 0.6 is 24.0 Å². The van der Waals surface area contributed by atoms with Crippen molar-refractivity contribution in [2.75, 3.05) is 26.7 Å². The third-order valence-corrected chi connectivity index (χ3v) is 5.15. The van der Waals surface area contributed by atoms with Crippen molar-refractivity contribution >= 4 is 40.0 Å². The van der Waals surface area contributed by atoms with Crippen molar-refractivity contribution in [3.63, 3.8) is 0 Å². The highest BCUT2D eigenvalue weighted by Crippen LogP contribution is 2.11. The summed E-state index contributed by atoms with van der Waals surface area (Å²) in [5.74, 6) is 0.936. The topological polar surface area (TPSA) is 73.8 Å². The molecule has 2 N–H and O–H groups in total. The van der Waals surface area contributed by atoms with Gasteiger partial charge in [0.2, 0.25) is 10.0 Å². The molecule has 24 heavy (non-hydrogen) atoms. The first-order valence-electron chi connectivity index (χ1n) is 8.06. The van der Waals surface area contributed by atoms with Gasteiger partial charge in [-0.2, -0.15) is 0 Å². The zero-order chi connectivity index (χ0) is 16.7. The summed E-state index contributed by atoms with van der Waals surface area (Å²) >= 11 is 0. The minimum absolute atomic E-state index is 0. The summed E-state index contributed by atoms with van der Waals surface area (Å²) in [5.41, 5.74) is 1.79. The lowest BCUT2D eigenvalue weighted by Crippen LogP contribution is -2.39. The number of guanidine groups is 1. The Labute approximate surface area is 162 Å². The Balaban J connectivity index is 0.00000288. The largest absolute Gasteiger partial charge is 0.357 e. The van der Waals surface area contributed by atoms with E-state index in [-0.39, 0.29) is 29.7 Å². The molecule has 0 atom stereocenters. The molecule has 6 nitrogen and oxygen atoms in total. The van der Waals surface area contributed by atoms with E-state index in [4.69, 9.17) is 0 Å². The van der Waals surface area contributed by atoms with Gasteiger partial charge >= 0.3 is 0 Å². The van der Waals surface area contributed by atoms with Gasteiger partial charge in [-0.25, -0.2) is 18.1 Å². The second kappa shape index (κ2) is 10.2. The molecule has 2 rings (SSSR count). The summed E-state index contributed by atoms with van der Waals surface area (Å²) in [4.78, 5) is 6.97. The number of nitrogens with one attached hydrogen (secondary N) is 2. The van der Waals surface area contributed by atoms with Gasteiger partial charge in [-0.15, -0.1) is 24.0 Å². The number of likely N-dealkylation sites (tertiary alicyclic amines) is 1. The van der Waals surface area contributed by atoms with Crippen molar-refractivity contribution in [3.05, 3.63) is 35.4 Å². The van der Waals surface area contributed by atoms with Gasteiger partial charge in [-0.05, 0) is 37.9 Å². The van der Waals surface area contributed by atoms with Crippen LogP contribution < -0.4 is 10.0 Å². The van der Waals surface area contributed by atoms with Gasteiger partial charge in [0.25, 0.3) is 0 Å². The fourth-order valence-electron chi connectivity index (χ4n) is 2.63. The quantitative estimate of drug-likeness (QED) is 0.382. The van der Waals surface area contributed by atoms with Crippen LogP contribution in [0.25, 0.3) is 0 Å². The first-order valence-corrected chi connectivity index (χ1v) is 9.71. The minimum atomic E-state index is -3.25. The number of benzene rings is 1. The van der Waals surface area contributed by atoms with Gasteiger partial charge in [0.1, 0.15) is 0 Å². The molecule has 0 radical (unpaired) electrons. The molecule has 1 aliphatic rings. The van der Waals surface area contributed by atoms with Crippen molar-refractivity contribution in [2.45, 2.75) is 32.1 Å². The van der Waals surface area contributed by atoms with Gasteiger partial charge in [-0.1, -0.05) is 24.3 Å². The fourth-order valence-corrected chi connectivity index (χ4v) is 3.39. The van der Waals surface area contributed by atoms with Crippen LogP contribution in [0.3, 0.4) is 0 Å². The second-order valence-corrected chi connectivity index (χ2v) is 7.57. The molecule has 1 aliphatic heterocycles. The highest BCUT2D eigenvalue weighted by Gasteiger charge is 2.15. The maximum absolute atomic E-state index is 11.6. The smallest absolute Gasteiger partial charge is 0.215 e. The average Bonchev–Trinajstić information content (AvgIpc) is 3.05. The molecule has 0 spiro atoms. The van der Waals surface area contributed by atoms with E-state index < -0.39 is 10.0 Å². The van der Waals surface area contributed by atoms with Gasteiger partial charge < -0.3 is 10.2 Å². The molecule has 0 bridgehead atoms. The summed E-state index contributed by atoms with van der Waals surface area (Å²) in [7, 11) is -1.82. The van der Waals surface area contributed by atoms with E-state index in [1.54, 1.807) is 0 Å². The van der Waals surface area contributed by atoms with Crippen LogP contribution in [0.15, 0.2) is 29.3 Å². The number of nitrogens with zero attached hydrogens (tertiary/aromatic N) is 2. The molecule has 1 heterocycles. The molecule has 136 valence electrons. The zero-order valence-corrected chi connectivity index (χ0v) is 17.4. The molecule has 0 unspecified atom stereocenters. The fraction of sp³-hybridized carbons (Fsp3) is 0.562. The molecular formula is C16H27IN4O2S. The molecule has 1 aromatic carbocycles. The highest BCUT2D eigenvalue weighted by atomic mass is 127. The zero-order valence-electron chi connectivity index (χ0n) is 14.3. The molecule has 1 saturated heterocycles. The summed E-state index contributed by atoms with van der Waals surface area (Å²) in [6.07, 6.45) is 2.42. The van der Waals surface area contributed by atoms with E-state index in [2.05, 4.69) is 26.9 Å². The maximum Gasteiger partial charge on any atom is 0.215 e. The van der Waals surface area contributed by atoms with Gasteiger partial charge in [-0.3, -0.25) is 0 Å². The third kappa shape index (κ3) is 6.56. The van der Waals surface area contributed by atoms with Gasteiger partial charge in [0, 0.05) is 19.6 Å². The van der Waals surface area contributed by atoms with Crippen molar-refractivity contribution in [1.29, 1.82) is 0 Å². The molecule has 8 heteroatoms. The lowest BCUT2D eigenvalue weighted by atomic mass is 10.1. The predicted molar refractivity (Wildman–Crippen MR) is 109 cm³/mol. The number of rotatable bonds is 6. The molecule has 0 aliphatic carbocycles. The Bertz CT molecular complexity index is 643. The molecule has 1 aromatic rings. The Kier molecular flexibility index (Phi) is 8.99. The lowest BCUT2D eigenvalue weighted by Gasteiger charge is -2.20. The number of aliphatic imine (C=N–C) groups is 1. The van der Waals surface area contributed by atoms with Crippen molar-refractivity contribution in [3.8, 4) is 0 Å². The normalized spacial score (nSPS) is 15.2. The van der Waals surface area contributed by atoms with E-state index in [9.17, 15) is 8.42 Å². The predicted octanol–water partition coefficient (Wildman–Crippen LogP) is 1.92. The Hall–Kier alpha value is -0.870. The molecule has 1 fully saturated rings. The molecule has 0 saturated carbocycles. The van der Waals surface area contributed by atoms with Crippen LogP contribution in [0.5, 0.6) is 0 Å². The van der Waals surface area contributed by atoms with E-state index in [1.807, 2.05) is 24.3 Å². The first kappa shape index (κ1) is 21.2. The van der Waals surface area contributed by atoms with Crippen LogP contribution in [0.1, 0.15) is 30.9 Å². The van der Waals surface area contributed by atoms with Crippen molar-refractivity contribution in [2.24, 2.45) is 4.99 Å². The van der Waals surface area contributed by atoms with Crippen molar-refractivity contribution < 1.29 is 8.42 Å². The van der Waals surface area contributed by atoms with Crippen LogP contribution in [0.4, 0.5) is 0 Å². The summed E-state index contributed by atoms with van der Waals surface area (Å²) in [6.45, 7) is 5.55. The minimum Gasteiger partial charge on any atom is -0.357 e. The number of hydrogen-bond acceptors (Lipinski definition) is 3. The molecule has 0 aromatic heterocycles. The van der Waals surface area contributed by atoms with Gasteiger partial charge in [0.15, 0.2) is 5.96 Å². The van der Waals surface area contributed by atoms with E-state index in [0.717, 1.165) is 36.7 Å². The van der Waals surface area contributed by atoms with E-state index >= 15 is 0 Å². The standard InChI is InChI=1S/C16H26N4O2S.HI/c1-3-18-16(20-9-4-5-10-20)19-12-14-7-6-8-15(11-14)13-23(21,22)17-2;/h6-8,11,17H,3-5,9-10,12-13H2,1-2H3,(H,18,19);1H. The summed E-state index contributed by atoms with van der Waals surface area (Å²) in [5, 5.41) is 3.33. The monoisotopic (exact) mass is 466 g/mol. The molecule has 0 amide bonds. The highest BCUT2D eigenvalue weighted by molar-refractivity contribution is 14.0. The van der Waals surface area contributed by atoms with E-state index in [0.29, 0.717) is 6.54 Å². The first-order chi connectivity index (χ1) is 11.0. The average molecular weight is 466 g/mol. The Morgan fingerprint density at radius 2 is 1.92 bits per heavy atom. The number of sulfonamides is 1. The summed E-state index contributed by atoms with van der Waals surface area (Å²) in [6, 6.07) is 7.60. The molecular weight excluding hydrogens is 439 g/mol. The van der Waals surface area contributed by atoms with Crippen LogP contribution in [-0.2, 0) is 22.3 Å². The second-order valence-electron chi connectivity index (χ2n) is 5.65. The maximum atomic E-state index is 11.6. The SMILES string of the molecule is CCNC(=NCc1cccc(CS(=O)(=O)NC)c1)N1CCCC1.I.